The first kappa shape index (κ1) is 14.5. The Hall–Kier alpha value is -3.13. The topological polar surface area (TPSA) is 104 Å². The lowest BCUT2D eigenvalue weighted by Crippen LogP contribution is -1.80. The quantitative estimate of drug-likeness (QED) is 0.395. The average molecular weight is 338 g/mol. The standard InChI is InChI=1S/C16H10N4O3S/c21-14-13(9-5-1-2-6-10(9)17-14)19-20-15(22)24-16-18-11-7-3-4-8-12(11)23-16/h1-8,17,21H. The number of nitrogens with one attached hydrogen (secondary N) is 1. The van der Waals surface area contributed by atoms with Crippen LogP contribution in [0.25, 0.3) is 22.0 Å². The minimum absolute atomic E-state index is 0.139. The fourth-order valence-electron chi connectivity index (χ4n) is 2.29. The fraction of sp³-hybridized carbons (Fsp3) is 0. The van der Waals surface area contributed by atoms with Gasteiger partial charge >= 0.3 is 5.24 Å². The van der Waals surface area contributed by atoms with Crippen LogP contribution in [0.4, 0.5) is 10.5 Å². The molecule has 0 aliphatic heterocycles. The van der Waals surface area contributed by atoms with E-state index in [1.807, 2.05) is 24.3 Å². The molecule has 0 fully saturated rings. The second-order valence-corrected chi connectivity index (χ2v) is 5.79. The molecule has 0 aliphatic rings. The van der Waals surface area contributed by atoms with E-state index in [2.05, 4.69) is 20.2 Å². The molecule has 4 aromatic rings. The van der Waals surface area contributed by atoms with Crippen molar-refractivity contribution in [1.29, 1.82) is 0 Å². The van der Waals surface area contributed by atoms with Gasteiger partial charge < -0.3 is 14.5 Å². The van der Waals surface area contributed by atoms with E-state index < -0.39 is 5.24 Å². The van der Waals surface area contributed by atoms with Crippen LogP contribution in [0.1, 0.15) is 0 Å². The maximum atomic E-state index is 11.9. The lowest BCUT2D eigenvalue weighted by Gasteiger charge is -1.91. The van der Waals surface area contributed by atoms with Crippen molar-refractivity contribution in [3.05, 3.63) is 48.5 Å². The Morgan fingerprint density at radius 3 is 2.83 bits per heavy atom. The molecule has 0 aliphatic carbocycles. The number of rotatable bonds is 2. The number of nitrogens with zero attached hydrogens (tertiary/aromatic N) is 3. The molecule has 7 nitrogen and oxygen atoms in total. The number of aromatic nitrogens is 2. The van der Waals surface area contributed by atoms with Gasteiger partial charge in [-0.2, -0.15) is 0 Å². The molecule has 0 bridgehead atoms. The highest BCUT2D eigenvalue weighted by Gasteiger charge is 2.13. The SMILES string of the molecule is O=C(N=Nc1c(O)[nH]c2ccccc12)Sc1nc2ccccc2o1. The van der Waals surface area contributed by atoms with Gasteiger partial charge in [0.2, 0.25) is 5.88 Å². The summed E-state index contributed by atoms with van der Waals surface area (Å²) in [5, 5.41) is 17.6. The van der Waals surface area contributed by atoms with Crippen molar-refractivity contribution in [2.45, 2.75) is 5.22 Å². The van der Waals surface area contributed by atoms with Gasteiger partial charge in [0, 0.05) is 17.1 Å². The Morgan fingerprint density at radius 1 is 1.17 bits per heavy atom. The molecule has 1 amide bonds. The summed E-state index contributed by atoms with van der Waals surface area (Å²) in [6, 6.07) is 14.4. The molecule has 4 rings (SSSR count). The molecular weight excluding hydrogens is 328 g/mol. The smallest absolute Gasteiger partial charge is 0.332 e. The van der Waals surface area contributed by atoms with Crippen molar-refractivity contribution in [2.24, 2.45) is 10.2 Å². The van der Waals surface area contributed by atoms with Gasteiger partial charge in [-0.1, -0.05) is 35.4 Å². The molecule has 8 heteroatoms. The van der Waals surface area contributed by atoms with Crippen molar-refractivity contribution in [1.82, 2.24) is 9.97 Å². The van der Waals surface area contributed by atoms with Crippen molar-refractivity contribution < 1.29 is 14.3 Å². The summed E-state index contributed by atoms with van der Waals surface area (Å²) in [6.45, 7) is 0. The van der Waals surface area contributed by atoms with Crippen LogP contribution in [0.5, 0.6) is 5.88 Å². The molecule has 24 heavy (non-hydrogen) atoms. The number of oxazole rings is 1. The van der Waals surface area contributed by atoms with Crippen molar-refractivity contribution in [2.75, 3.05) is 0 Å². The van der Waals surface area contributed by atoms with E-state index in [-0.39, 0.29) is 16.8 Å². The maximum Gasteiger partial charge on any atom is 0.332 e. The lowest BCUT2D eigenvalue weighted by atomic mass is 10.2. The first-order valence-corrected chi connectivity index (χ1v) is 7.81. The number of aromatic hydroxyl groups is 1. The van der Waals surface area contributed by atoms with Gasteiger partial charge in [0.05, 0.1) is 5.52 Å². The number of fused-ring (bicyclic) bond motifs is 2. The summed E-state index contributed by atoms with van der Waals surface area (Å²) in [4.78, 5) is 18.9. The average Bonchev–Trinajstić information content (AvgIpc) is 3.12. The van der Waals surface area contributed by atoms with Crippen LogP contribution in [0.3, 0.4) is 0 Å². The van der Waals surface area contributed by atoms with E-state index in [4.69, 9.17) is 4.42 Å². The summed E-state index contributed by atoms with van der Waals surface area (Å²) in [7, 11) is 0. The fourth-order valence-corrected chi connectivity index (χ4v) is 2.80. The number of thioether (sulfide) groups is 1. The van der Waals surface area contributed by atoms with E-state index in [0.29, 0.717) is 22.0 Å². The Bertz CT molecular complexity index is 1050. The number of aromatic amines is 1. The molecule has 2 aromatic carbocycles. The lowest BCUT2D eigenvalue weighted by molar-refractivity contribution is 0.266. The molecule has 0 radical (unpaired) electrons. The third-order valence-electron chi connectivity index (χ3n) is 3.34. The monoisotopic (exact) mass is 338 g/mol. The van der Waals surface area contributed by atoms with Gasteiger partial charge in [0.25, 0.3) is 5.22 Å². The molecular formula is C16H10N4O3S. The second-order valence-electron chi connectivity index (χ2n) is 4.88. The number of carbonyl (C=O) groups excluding carboxylic acids is 1. The van der Waals surface area contributed by atoms with E-state index in [1.54, 1.807) is 24.3 Å². The number of benzene rings is 2. The van der Waals surface area contributed by atoms with Crippen LogP contribution in [0, 0.1) is 0 Å². The highest BCUT2D eigenvalue weighted by molar-refractivity contribution is 8.13. The zero-order valence-corrected chi connectivity index (χ0v) is 12.9. The summed E-state index contributed by atoms with van der Waals surface area (Å²) in [5.41, 5.74) is 2.19. The zero-order chi connectivity index (χ0) is 16.5. The molecule has 2 N–H and O–H groups in total. The van der Waals surface area contributed by atoms with E-state index >= 15 is 0 Å². The van der Waals surface area contributed by atoms with Gasteiger partial charge in [-0.3, -0.25) is 4.79 Å². The van der Waals surface area contributed by atoms with Crippen LogP contribution in [0.15, 0.2) is 68.4 Å². The number of hydrogen-bond donors (Lipinski definition) is 2. The molecule has 0 atom stereocenters. The Labute approximate surface area is 139 Å². The van der Waals surface area contributed by atoms with Crippen molar-refractivity contribution in [3.63, 3.8) is 0 Å². The van der Waals surface area contributed by atoms with E-state index in [1.165, 1.54) is 0 Å². The number of para-hydroxylation sites is 3. The molecule has 2 aromatic heterocycles. The number of azo groups is 1. The molecule has 2 heterocycles. The largest absolute Gasteiger partial charge is 0.493 e. The molecule has 0 saturated heterocycles. The maximum absolute atomic E-state index is 11.9. The van der Waals surface area contributed by atoms with Gasteiger partial charge in [0.15, 0.2) is 11.3 Å². The molecule has 118 valence electrons. The predicted molar refractivity (Wildman–Crippen MR) is 89.7 cm³/mol. The van der Waals surface area contributed by atoms with E-state index in [0.717, 1.165) is 11.8 Å². The summed E-state index contributed by atoms with van der Waals surface area (Å²) < 4.78 is 5.44. The summed E-state index contributed by atoms with van der Waals surface area (Å²) >= 11 is 0.733. The molecule has 0 spiro atoms. The summed E-state index contributed by atoms with van der Waals surface area (Å²) in [6.07, 6.45) is 0. The van der Waals surface area contributed by atoms with Crippen LogP contribution in [-0.2, 0) is 0 Å². The van der Waals surface area contributed by atoms with Gasteiger partial charge in [-0.05, 0) is 18.2 Å². The Kier molecular flexibility index (Phi) is 3.51. The number of hydrogen-bond acceptors (Lipinski definition) is 6. The van der Waals surface area contributed by atoms with Crippen LogP contribution in [0.2, 0.25) is 0 Å². The van der Waals surface area contributed by atoms with Crippen molar-refractivity contribution in [3.8, 4) is 5.88 Å². The first-order chi connectivity index (χ1) is 11.7. The summed E-state index contributed by atoms with van der Waals surface area (Å²) in [5.74, 6) is -0.139. The highest BCUT2D eigenvalue weighted by atomic mass is 32.2. The molecule has 0 unspecified atom stereocenters. The van der Waals surface area contributed by atoms with Crippen LogP contribution < -0.4 is 0 Å². The van der Waals surface area contributed by atoms with Crippen LogP contribution >= 0.6 is 11.8 Å². The van der Waals surface area contributed by atoms with Crippen molar-refractivity contribution >= 4 is 44.7 Å². The normalized spacial score (nSPS) is 11.7. The van der Waals surface area contributed by atoms with Gasteiger partial charge in [0.1, 0.15) is 5.52 Å². The second kappa shape index (κ2) is 5.82. The Balaban J connectivity index is 1.56. The Morgan fingerprint density at radius 2 is 1.96 bits per heavy atom. The number of H-pyrrole nitrogens is 1. The van der Waals surface area contributed by atoms with Gasteiger partial charge in [-0.25, -0.2) is 4.98 Å². The molecule has 0 saturated carbocycles. The van der Waals surface area contributed by atoms with Gasteiger partial charge in [-0.15, -0.1) is 5.11 Å². The van der Waals surface area contributed by atoms with E-state index in [9.17, 15) is 9.90 Å². The highest BCUT2D eigenvalue weighted by Crippen LogP contribution is 2.35. The zero-order valence-electron chi connectivity index (χ0n) is 12.1. The number of carbonyl (C=O) groups is 1. The van der Waals surface area contributed by atoms with Crippen LogP contribution in [-0.4, -0.2) is 20.3 Å². The third kappa shape index (κ3) is 2.63. The predicted octanol–water partition coefficient (Wildman–Crippen LogP) is 5.01. The minimum Gasteiger partial charge on any atom is -0.493 e. The minimum atomic E-state index is -0.591. The third-order valence-corrected chi connectivity index (χ3v) is 3.95. The first-order valence-electron chi connectivity index (χ1n) is 6.99. The number of amides is 1.